The summed E-state index contributed by atoms with van der Waals surface area (Å²) in [5, 5.41) is 21.9. The topological polar surface area (TPSA) is 146 Å². The lowest BCUT2D eigenvalue weighted by Gasteiger charge is -2.35. The second-order valence-electron chi connectivity index (χ2n) is 15.1. The van der Waals surface area contributed by atoms with Gasteiger partial charge in [-0.05, 0) is 96.9 Å². The Morgan fingerprint density at radius 3 is 2.28 bits per heavy atom. The lowest BCUT2D eigenvalue weighted by molar-refractivity contribution is -0.139. The van der Waals surface area contributed by atoms with Crippen molar-refractivity contribution in [2.75, 3.05) is 19.0 Å². The molecule has 0 saturated heterocycles. The van der Waals surface area contributed by atoms with Crippen molar-refractivity contribution in [3.8, 4) is 23.2 Å². The zero-order chi connectivity index (χ0) is 41.4. The molecule has 0 aliphatic heterocycles. The molecule has 6 rings (SSSR count). The molecule has 10 nitrogen and oxygen atoms in total. The Kier molecular flexibility index (Phi) is 13.3. The first kappa shape index (κ1) is 41.6. The molecule has 13 heteroatoms. The number of methoxy groups -OCH3 is 1. The molecule has 0 spiro atoms. The Hall–Kier alpha value is -6.03. The number of alkyl halides is 3. The number of nitrogens with zero attached hydrogens (tertiary/aromatic N) is 4. The molecule has 1 aromatic heterocycles. The van der Waals surface area contributed by atoms with E-state index in [1.54, 1.807) is 24.3 Å². The summed E-state index contributed by atoms with van der Waals surface area (Å²) in [7, 11) is 1.23. The number of benzene rings is 3. The molecule has 1 fully saturated rings. The fourth-order valence-electron chi connectivity index (χ4n) is 8.13. The fraction of sp³-hybridized carbons (Fsp3) is 0.378. The molecule has 4 aromatic rings. The van der Waals surface area contributed by atoms with Gasteiger partial charge in [0.05, 0.1) is 30.3 Å². The molecule has 0 bridgehead atoms. The normalized spacial score (nSPS) is 18.1. The molecule has 2 amide bonds. The number of amides is 2. The summed E-state index contributed by atoms with van der Waals surface area (Å²) in [5.74, 6) is 0.269. The minimum absolute atomic E-state index is 0.0156. The number of carbonyl (C=O) groups excluding carboxylic acids is 2. The second-order valence-corrected chi connectivity index (χ2v) is 15.1. The molecule has 0 radical (unpaired) electrons. The number of anilines is 1. The number of nitriles is 1. The summed E-state index contributed by atoms with van der Waals surface area (Å²) >= 11 is 0. The van der Waals surface area contributed by atoms with Gasteiger partial charge in [-0.3, -0.25) is 14.4 Å². The van der Waals surface area contributed by atoms with E-state index in [1.807, 2.05) is 18.5 Å². The third-order valence-electron chi connectivity index (χ3n) is 11.4. The number of nitrogens with one attached hydrogen (secondary N) is 1. The smallest absolute Gasteiger partial charge is 0.416 e. The standard InChI is InChI=1S/C45H46F3N5O5/c1-3-28-4-8-30(9-5-28)31-12-14-32(15-13-31)37-24-50-43(51-25-37)33-10-6-29(7-11-33)26-53(27-42(55)56)44(57)35-17-19-40(36(20-35)23-49)52-41(54)21-34-16-18-38(58-2)22-39(34)45(46,47)48/h6-7,10-11,14,16-20,22,24-25,28,30-31H,3-5,8-9,12-13,15,21,26-27H2,1-2H3,(H,52,54)(H,55,56)/t28-,30-,31?. The molecule has 3 aromatic carbocycles. The maximum atomic E-state index is 13.7. The largest absolute Gasteiger partial charge is 0.497 e. The number of halogens is 3. The number of hydrogen-bond donors (Lipinski definition) is 2. The number of carboxylic acid groups (broad SMARTS) is 1. The van der Waals surface area contributed by atoms with Gasteiger partial charge in [0.1, 0.15) is 18.4 Å². The first-order valence-electron chi connectivity index (χ1n) is 19.5. The number of rotatable bonds is 13. The van der Waals surface area contributed by atoms with E-state index in [-0.39, 0.29) is 34.7 Å². The minimum atomic E-state index is -4.74. The van der Waals surface area contributed by atoms with E-state index < -0.39 is 42.5 Å². The van der Waals surface area contributed by atoms with E-state index in [9.17, 15) is 37.9 Å². The first-order chi connectivity index (χ1) is 27.8. The molecular formula is C45H46F3N5O5. The summed E-state index contributed by atoms with van der Waals surface area (Å²) in [6, 6.07) is 16.1. The van der Waals surface area contributed by atoms with Gasteiger partial charge in [0.25, 0.3) is 5.91 Å². The van der Waals surface area contributed by atoms with Gasteiger partial charge in [-0.25, -0.2) is 9.97 Å². The van der Waals surface area contributed by atoms with E-state index in [2.05, 4.69) is 28.3 Å². The van der Waals surface area contributed by atoms with Gasteiger partial charge in [0.2, 0.25) is 5.91 Å². The number of aromatic nitrogens is 2. The number of hydrogen-bond acceptors (Lipinski definition) is 7. The van der Waals surface area contributed by atoms with Crippen molar-refractivity contribution in [2.24, 2.45) is 17.8 Å². The number of ether oxygens (including phenoxy) is 1. The lowest BCUT2D eigenvalue weighted by Crippen LogP contribution is -2.35. The molecule has 302 valence electrons. The Balaban J connectivity index is 1.08. The number of aliphatic carboxylic acids is 1. The van der Waals surface area contributed by atoms with E-state index >= 15 is 0 Å². The Morgan fingerprint density at radius 2 is 1.67 bits per heavy atom. The highest BCUT2D eigenvalue weighted by atomic mass is 19.4. The molecular weight excluding hydrogens is 748 g/mol. The maximum Gasteiger partial charge on any atom is 0.416 e. The molecule has 1 atom stereocenters. The van der Waals surface area contributed by atoms with Crippen LogP contribution in [0.3, 0.4) is 0 Å². The predicted octanol–water partition coefficient (Wildman–Crippen LogP) is 9.35. The van der Waals surface area contributed by atoms with Crippen LogP contribution in [0.1, 0.15) is 96.5 Å². The Labute approximate surface area is 335 Å². The van der Waals surface area contributed by atoms with Gasteiger partial charge in [-0.2, -0.15) is 18.4 Å². The van der Waals surface area contributed by atoms with Gasteiger partial charge in [-0.15, -0.1) is 0 Å². The summed E-state index contributed by atoms with van der Waals surface area (Å²) in [6.07, 6.45) is 10.8. The zero-order valence-corrected chi connectivity index (χ0v) is 32.5. The van der Waals surface area contributed by atoms with E-state index in [0.29, 0.717) is 11.4 Å². The average molecular weight is 794 g/mol. The minimum Gasteiger partial charge on any atom is -0.497 e. The fourth-order valence-corrected chi connectivity index (χ4v) is 8.13. The van der Waals surface area contributed by atoms with Crippen LogP contribution in [-0.2, 0) is 28.7 Å². The van der Waals surface area contributed by atoms with Crippen LogP contribution in [0, 0.1) is 29.1 Å². The van der Waals surface area contributed by atoms with Gasteiger partial charge < -0.3 is 20.1 Å². The van der Waals surface area contributed by atoms with Crippen molar-refractivity contribution in [2.45, 2.75) is 77.4 Å². The molecule has 2 aliphatic rings. The predicted molar refractivity (Wildman–Crippen MR) is 212 cm³/mol. The van der Waals surface area contributed by atoms with Crippen LogP contribution < -0.4 is 10.1 Å². The number of carbonyl (C=O) groups is 3. The van der Waals surface area contributed by atoms with Crippen LogP contribution in [0.15, 0.2) is 79.1 Å². The molecule has 2 N–H and O–H groups in total. The van der Waals surface area contributed by atoms with Crippen molar-refractivity contribution in [1.29, 1.82) is 5.26 Å². The van der Waals surface area contributed by atoms with Crippen molar-refractivity contribution < 1.29 is 37.4 Å². The number of carboxylic acids is 1. The van der Waals surface area contributed by atoms with Crippen LogP contribution in [0.4, 0.5) is 18.9 Å². The van der Waals surface area contributed by atoms with Crippen molar-refractivity contribution in [1.82, 2.24) is 14.9 Å². The van der Waals surface area contributed by atoms with Gasteiger partial charge in [0, 0.05) is 35.6 Å². The van der Waals surface area contributed by atoms with Crippen molar-refractivity contribution >= 4 is 29.0 Å². The summed E-state index contributed by atoms with van der Waals surface area (Å²) < 4.78 is 45.9. The van der Waals surface area contributed by atoms with E-state index in [1.165, 1.54) is 75.5 Å². The van der Waals surface area contributed by atoms with Crippen LogP contribution in [-0.4, -0.2) is 51.4 Å². The van der Waals surface area contributed by atoms with Crippen molar-refractivity contribution in [3.63, 3.8) is 0 Å². The summed E-state index contributed by atoms with van der Waals surface area (Å²) in [6.45, 7) is 1.60. The van der Waals surface area contributed by atoms with Gasteiger partial charge in [-0.1, -0.05) is 62.6 Å². The van der Waals surface area contributed by atoms with Crippen molar-refractivity contribution in [3.05, 3.63) is 113 Å². The summed E-state index contributed by atoms with van der Waals surface area (Å²) in [5.41, 5.74) is 2.22. The van der Waals surface area contributed by atoms with Crippen LogP contribution in [0.2, 0.25) is 0 Å². The van der Waals surface area contributed by atoms with Gasteiger partial charge >= 0.3 is 12.1 Å². The highest BCUT2D eigenvalue weighted by molar-refractivity contribution is 5.98. The van der Waals surface area contributed by atoms with Crippen LogP contribution >= 0.6 is 0 Å². The molecule has 1 unspecified atom stereocenters. The Morgan fingerprint density at radius 1 is 0.948 bits per heavy atom. The van der Waals surface area contributed by atoms with E-state index in [4.69, 9.17) is 4.74 Å². The maximum absolute atomic E-state index is 13.7. The van der Waals surface area contributed by atoms with Crippen LogP contribution in [0.5, 0.6) is 5.75 Å². The zero-order valence-electron chi connectivity index (χ0n) is 32.5. The highest BCUT2D eigenvalue weighted by Gasteiger charge is 2.34. The molecule has 1 heterocycles. The Bertz CT molecular complexity index is 2190. The quantitative estimate of drug-likeness (QED) is 0.136. The molecule has 1 saturated carbocycles. The second kappa shape index (κ2) is 18.5. The lowest BCUT2D eigenvalue weighted by atomic mass is 9.71. The number of allylic oxidation sites excluding steroid dienone is 2. The van der Waals surface area contributed by atoms with Gasteiger partial charge in [0.15, 0.2) is 5.82 Å². The SMILES string of the molecule is CC[C@H]1CC[C@H](C2CC=C(c3cnc(-c4ccc(CN(CC(=O)O)C(=O)c5ccc(NC(=O)Cc6ccc(OC)cc6C(F)(F)F)c(C#N)c5)cc4)nc3)CC2)CC1. The highest BCUT2D eigenvalue weighted by Crippen LogP contribution is 2.42. The summed E-state index contributed by atoms with van der Waals surface area (Å²) in [4.78, 5) is 48.6. The average Bonchev–Trinajstić information content (AvgIpc) is 3.23. The van der Waals surface area contributed by atoms with Crippen LogP contribution in [0.25, 0.3) is 17.0 Å². The monoisotopic (exact) mass is 793 g/mol. The molecule has 2 aliphatic carbocycles. The first-order valence-corrected chi connectivity index (χ1v) is 19.5. The molecule has 58 heavy (non-hydrogen) atoms. The third-order valence-corrected chi connectivity index (χ3v) is 11.4. The van der Waals surface area contributed by atoms with E-state index in [0.717, 1.165) is 58.8 Å². The third kappa shape index (κ3) is 10.3.